The van der Waals surface area contributed by atoms with Crippen LogP contribution in [0.1, 0.15) is 25.7 Å². The van der Waals surface area contributed by atoms with Gasteiger partial charge in [-0.25, -0.2) is 8.78 Å². The number of hydrogen-bond donors (Lipinski definition) is 1. The number of nitrogens with one attached hydrogen (secondary N) is 1. The second-order valence-electron chi connectivity index (χ2n) is 6.57. The molecule has 2 heterocycles. The Bertz CT molecular complexity index is 619. The van der Waals surface area contributed by atoms with Crippen molar-refractivity contribution in [2.75, 3.05) is 31.6 Å². The van der Waals surface area contributed by atoms with Gasteiger partial charge in [0.25, 0.3) is 0 Å². The van der Waals surface area contributed by atoms with Crippen molar-refractivity contribution >= 4 is 17.5 Å². The fourth-order valence-corrected chi connectivity index (χ4v) is 3.41. The third-order valence-electron chi connectivity index (χ3n) is 4.96. The van der Waals surface area contributed by atoms with E-state index in [-0.39, 0.29) is 17.7 Å². The molecular formula is C18H22F2N2O3. The lowest BCUT2D eigenvalue weighted by Crippen LogP contribution is -2.45. The number of hydrogen-bond acceptors (Lipinski definition) is 3. The standard InChI is InChI=1S/C18H22F2N2O3/c19-14-2-1-3-15(20)16(14)21-17(23)12-4-8-22(9-5-12)18(24)13-6-10-25-11-7-13/h1-3,12-13H,4-11H2,(H,21,23). The zero-order valence-corrected chi connectivity index (χ0v) is 14.0. The van der Waals surface area contributed by atoms with E-state index in [0.29, 0.717) is 39.1 Å². The van der Waals surface area contributed by atoms with Gasteiger partial charge in [0, 0.05) is 38.1 Å². The molecule has 5 nitrogen and oxygen atoms in total. The van der Waals surface area contributed by atoms with Gasteiger partial charge >= 0.3 is 0 Å². The van der Waals surface area contributed by atoms with Crippen LogP contribution in [-0.4, -0.2) is 43.0 Å². The number of carbonyl (C=O) groups is 2. The number of piperidine rings is 1. The van der Waals surface area contributed by atoms with Crippen LogP contribution in [0.25, 0.3) is 0 Å². The summed E-state index contributed by atoms with van der Waals surface area (Å²) in [5.74, 6) is -2.20. The van der Waals surface area contributed by atoms with Gasteiger partial charge in [-0.1, -0.05) is 6.07 Å². The van der Waals surface area contributed by atoms with Crippen LogP contribution in [0.5, 0.6) is 0 Å². The number of likely N-dealkylation sites (tertiary alicyclic amines) is 1. The molecule has 2 aliphatic heterocycles. The highest BCUT2D eigenvalue weighted by Gasteiger charge is 2.32. The molecule has 0 aliphatic carbocycles. The Morgan fingerprint density at radius 2 is 1.60 bits per heavy atom. The maximum absolute atomic E-state index is 13.6. The lowest BCUT2D eigenvalue weighted by atomic mass is 9.93. The molecule has 2 saturated heterocycles. The summed E-state index contributed by atoms with van der Waals surface area (Å²) in [5, 5.41) is 2.35. The second kappa shape index (κ2) is 7.91. The topological polar surface area (TPSA) is 58.6 Å². The number of amides is 2. The minimum Gasteiger partial charge on any atom is -0.381 e. The number of carbonyl (C=O) groups excluding carboxylic acids is 2. The van der Waals surface area contributed by atoms with Crippen molar-refractivity contribution in [1.82, 2.24) is 4.90 Å². The Balaban J connectivity index is 1.53. The van der Waals surface area contributed by atoms with E-state index < -0.39 is 23.2 Å². The van der Waals surface area contributed by atoms with Crippen molar-refractivity contribution in [2.45, 2.75) is 25.7 Å². The van der Waals surface area contributed by atoms with Crippen LogP contribution in [0, 0.1) is 23.5 Å². The molecule has 0 spiro atoms. The number of halogens is 2. The zero-order chi connectivity index (χ0) is 17.8. The first kappa shape index (κ1) is 17.8. The average molecular weight is 352 g/mol. The molecule has 1 N–H and O–H groups in total. The molecule has 25 heavy (non-hydrogen) atoms. The summed E-state index contributed by atoms with van der Waals surface area (Å²) in [7, 11) is 0. The normalized spacial score (nSPS) is 19.7. The fraction of sp³-hybridized carbons (Fsp3) is 0.556. The SMILES string of the molecule is O=C(Nc1c(F)cccc1F)C1CCN(C(=O)C2CCOCC2)CC1. The number of rotatable bonds is 3. The van der Waals surface area contributed by atoms with E-state index in [1.54, 1.807) is 4.90 Å². The summed E-state index contributed by atoms with van der Waals surface area (Å²) in [5.41, 5.74) is -0.409. The predicted molar refractivity (Wildman–Crippen MR) is 87.8 cm³/mol. The number of benzene rings is 1. The Labute approximate surface area is 145 Å². The zero-order valence-electron chi connectivity index (χ0n) is 14.0. The quantitative estimate of drug-likeness (QED) is 0.910. The van der Waals surface area contributed by atoms with Crippen LogP contribution in [0.4, 0.5) is 14.5 Å². The molecule has 2 aliphatic rings. The molecule has 136 valence electrons. The summed E-state index contributed by atoms with van der Waals surface area (Å²) in [4.78, 5) is 26.6. The Morgan fingerprint density at radius 3 is 2.20 bits per heavy atom. The maximum Gasteiger partial charge on any atom is 0.227 e. The van der Waals surface area contributed by atoms with Crippen molar-refractivity contribution in [3.63, 3.8) is 0 Å². The van der Waals surface area contributed by atoms with E-state index in [1.165, 1.54) is 6.07 Å². The number of ether oxygens (including phenoxy) is 1. The molecule has 0 saturated carbocycles. The lowest BCUT2D eigenvalue weighted by molar-refractivity contribution is -0.141. The molecule has 1 aromatic carbocycles. The van der Waals surface area contributed by atoms with Crippen LogP contribution < -0.4 is 5.32 Å². The number of para-hydroxylation sites is 1. The number of anilines is 1. The van der Waals surface area contributed by atoms with Gasteiger partial charge in [0.05, 0.1) is 0 Å². The average Bonchev–Trinajstić information content (AvgIpc) is 2.65. The molecule has 7 heteroatoms. The Morgan fingerprint density at radius 1 is 1.00 bits per heavy atom. The van der Waals surface area contributed by atoms with Crippen LogP contribution in [-0.2, 0) is 14.3 Å². The Kier molecular flexibility index (Phi) is 5.63. The third kappa shape index (κ3) is 4.15. The summed E-state index contributed by atoms with van der Waals surface area (Å²) < 4.78 is 32.5. The largest absolute Gasteiger partial charge is 0.381 e. The molecule has 2 fully saturated rings. The van der Waals surface area contributed by atoms with Crippen molar-refractivity contribution in [3.05, 3.63) is 29.8 Å². The van der Waals surface area contributed by atoms with Crippen LogP contribution in [0.3, 0.4) is 0 Å². The molecule has 2 amide bonds. The smallest absolute Gasteiger partial charge is 0.227 e. The van der Waals surface area contributed by atoms with Crippen molar-refractivity contribution in [3.8, 4) is 0 Å². The van der Waals surface area contributed by atoms with Crippen molar-refractivity contribution in [1.29, 1.82) is 0 Å². The molecule has 0 bridgehead atoms. The van der Waals surface area contributed by atoms with Crippen molar-refractivity contribution in [2.24, 2.45) is 11.8 Å². The van der Waals surface area contributed by atoms with Crippen LogP contribution >= 0.6 is 0 Å². The van der Waals surface area contributed by atoms with E-state index in [1.807, 2.05) is 0 Å². The second-order valence-corrected chi connectivity index (χ2v) is 6.57. The first-order valence-corrected chi connectivity index (χ1v) is 8.67. The van der Waals surface area contributed by atoms with E-state index >= 15 is 0 Å². The molecule has 0 atom stereocenters. The summed E-state index contributed by atoms with van der Waals surface area (Å²) >= 11 is 0. The molecule has 0 aromatic heterocycles. The molecule has 0 unspecified atom stereocenters. The highest BCUT2D eigenvalue weighted by atomic mass is 19.1. The predicted octanol–water partition coefficient (Wildman–Crippen LogP) is 2.57. The molecular weight excluding hydrogens is 330 g/mol. The van der Waals surface area contributed by atoms with E-state index in [0.717, 1.165) is 25.0 Å². The highest BCUT2D eigenvalue weighted by molar-refractivity contribution is 5.93. The van der Waals surface area contributed by atoms with Gasteiger partial charge in [-0.15, -0.1) is 0 Å². The maximum atomic E-state index is 13.6. The number of nitrogens with zero attached hydrogens (tertiary/aromatic N) is 1. The lowest BCUT2D eigenvalue weighted by Gasteiger charge is -2.34. The van der Waals surface area contributed by atoms with Gasteiger partial charge in [-0.05, 0) is 37.8 Å². The van der Waals surface area contributed by atoms with Gasteiger partial charge in [-0.3, -0.25) is 9.59 Å². The van der Waals surface area contributed by atoms with E-state index in [2.05, 4.69) is 5.32 Å². The summed E-state index contributed by atoms with van der Waals surface area (Å²) in [6.07, 6.45) is 2.48. The Hall–Kier alpha value is -2.02. The summed E-state index contributed by atoms with van der Waals surface area (Å²) in [6, 6.07) is 3.46. The van der Waals surface area contributed by atoms with E-state index in [4.69, 9.17) is 4.74 Å². The molecule has 0 radical (unpaired) electrons. The minimum atomic E-state index is -0.791. The highest BCUT2D eigenvalue weighted by Crippen LogP contribution is 2.25. The van der Waals surface area contributed by atoms with Crippen LogP contribution in [0.15, 0.2) is 18.2 Å². The first-order valence-electron chi connectivity index (χ1n) is 8.67. The molecule has 3 rings (SSSR count). The first-order chi connectivity index (χ1) is 12.1. The monoisotopic (exact) mass is 352 g/mol. The van der Waals surface area contributed by atoms with Gasteiger partial charge < -0.3 is 15.0 Å². The molecule has 1 aromatic rings. The third-order valence-corrected chi connectivity index (χ3v) is 4.96. The van der Waals surface area contributed by atoms with Gasteiger partial charge in [0.2, 0.25) is 11.8 Å². The minimum absolute atomic E-state index is 0.00615. The van der Waals surface area contributed by atoms with Gasteiger partial charge in [0.1, 0.15) is 17.3 Å². The van der Waals surface area contributed by atoms with Crippen molar-refractivity contribution < 1.29 is 23.1 Å². The summed E-state index contributed by atoms with van der Waals surface area (Å²) in [6.45, 7) is 2.22. The fourth-order valence-electron chi connectivity index (χ4n) is 3.41. The van der Waals surface area contributed by atoms with Gasteiger partial charge in [0.15, 0.2) is 0 Å². The van der Waals surface area contributed by atoms with Crippen LogP contribution in [0.2, 0.25) is 0 Å². The van der Waals surface area contributed by atoms with E-state index in [9.17, 15) is 18.4 Å². The van der Waals surface area contributed by atoms with Gasteiger partial charge in [-0.2, -0.15) is 0 Å².